The van der Waals surface area contributed by atoms with Crippen LogP contribution in [0.2, 0.25) is 0 Å². The van der Waals surface area contributed by atoms with E-state index in [1.165, 1.54) is 51.8 Å². The molecule has 27 heavy (non-hydrogen) atoms. The highest BCUT2D eigenvalue weighted by Crippen LogP contribution is 2.34. The summed E-state index contributed by atoms with van der Waals surface area (Å²) in [5, 5.41) is 1.38. The van der Waals surface area contributed by atoms with Crippen LogP contribution in [-0.2, 0) is 12.8 Å². The predicted octanol–water partition coefficient (Wildman–Crippen LogP) is 5.52. The maximum absolute atomic E-state index is 5.75. The largest absolute Gasteiger partial charge is 0.378 e. The summed E-state index contributed by atoms with van der Waals surface area (Å²) < 4.78 is 0. The zero-order valence-corrected chi connectivity index (χ0v) is 17.0. The van der Waals surface area contributed by atoms with Crippen molar-refractivity contribution < 1.29 is 0 Å². The molecule has 0 bridgehead atoms. The van der Waals surface area contributed by atoms with Crippen LogP contribution in [0.3, 0.4) is 0 Å². The maximum atomic E-state index is 5.75. The first-order valence-corrected chi connectivity index (χ1v) is 10.3. The number of para-hydroxylation sites is 1. The van der Waals surface area contributed by atoms with Crippen LogP contribution in [-0.4, -0.2) is 25.6 Å². The number of unbranched alkanes of at least 4 members (excludes halogenated alkanes) is 2. The zero-order valence-electron chi connectivity index (χ0n) is 17.0. The standard InChI is InChI=1S/C24H33N3/c1-4-5-10-18-11-9-15-22-21(14-6-7-16-25)24(26-23(18)22)19-12-8-13-20(17-19)27(2)3/h8-9,11-13,15,17,26H,4-7,10,14,16,25H2,1-3H3. The third kappa shape index (κ3) is 4.36. The van der Waals surface area contributed by atoms with Crippen molar-refractivity contribution in [2.24, 2.45) is 5.73 Å². The monoisotopic (exact) mass is 363 g/mol. The van der Waals surface area contributed by atoms with Crippen LogP contribution >= 0.6 is 0 Å². The topological polar surface area (TPSA) is 45.0 Å². The third-order valence-electron chi connectivity index (χ3n) is 5.36. The summed E-state index contributed by atoms with van der Waals surface area (Å²) in [6.07, 6.45) is 6.84. The quantitative estimate of drug-likeness (QED) is 0.491. The Morgan fingerprint density at radius 3 is 2.52 bits per heavy atom. The van der Waals surface area contributed by atoms with E-state index in [4.69, 9.17) is 5.73 Å². The minimum atomic E-state index is 0.759. The van der Waals surface area contributed by atoms with Crippen molar-refractivity contribution in [3.05, 3.63) is 53.6 Å². The van der Waals surface area contributed by atoms with Gasteiger partial charge in [0.05, 0.1) is 0 Å². The molecule has 0 spiro atoms. The van der Waals surface area contributed by atoms with Crippen LogP contribution in [0.1, 0.15) is 43.7 Å². The number of hydrogen-bond acceptors (Lipinski definition) is 2. The lowest BCUT2D eigenvalue weighted by molar-refractivity contribution is 0.748. The van der Waals surface area contributed by atoms with Crippen molar-refractivity contribution in [2.75, 3.05) is 25.5 Å². The van der Waals surface area contributed by atoms with E-state index >= 15 is 0 Å². The molecule has 0 saturated heterocycles. The molecular weight excluding hydrogens is 330 g/mol. The second-order valence-electron chi connectivity index (χ2n) is 7.61. The van der Waals surface area contributed by atoms with Gasteiger partial charge in [0, 0.05) is 41.9 Å². The normalized spacial score (nSPS) is 11.3. The number of anilines is 1. The lowest BCUT2D eigenvalue weighted by Crippen LogP contribution is -2.08. The summed E-state index contributed by atoms with van der Waals surface area (Å²) in [4.78, 5) is 5.96. The number of nitrogens with two attached hydrogens (primary N) is 1. The zero-order chi connectivity index (χ0) is 19.2. The first-order chi connectivity index (χ1) is 13.2. The van der Waals surface area contributed by atoms with Crippen LogP contribution < -0.4 is 10.6 Å². The van der Waals surface area contributed by atoms with E-state index in [0.717, 1.165) is 32.2 Å². The smallest absolute Gasteiger partial charge is 0.0498 e. The molecule has 1 aromatic heterocycles. The van der Waals surface area contributed by atoms with Gasteiger partial charge in [-0.25, -0.2) is 0 Å². The number of rotatable bonds is 9. The molecule has 0 amide bonds. The fourth-order valence-electron chi connectivity index (χ4n) is 3.80. The number of aryl methyl sites for hydroxylation is 2. The SMILES string of the molecule is CCCCc1cccc2c(CCCCN)c(-c3cccc(N(C)C)c3)[nH]c12. The molecule has 3 rings (SSSR count). The Morgan fingerprint density at radius 2 is 1.78 bits per heavy atom. The number of benzene rings is 2. The van der Waals surface area contributed by atoms with E-state index in [0.29, 0.717) is 0 Å². The van der Waals surface area contributed by atoms with Gasteiger partial charge in [-0.3, -0.25) is 0 Å². The molecular formula is C24H33N3. The van der Waals surface area contributed by atoms with Crippen molar-refractivity contribution in [3.8, 4) is 11.3 Å². The van der Waals surface area contributed by atoms with Gasteiger partial charge in [-0.15, -0.1) is 0 Å². The van der Waals surface area contributed by atoms with Crippen molar-refractivity contribution in [1.82, 2.24) is 4.98 Å². The Labute approximate surface area is 163 Å². The van der Waals surface area contributed by atoms with E-state index in [1.54, 1.807) is 0 Å². The Morgan fingerprint density at radius 1 is 0.963 bits per heavy atom. The summed E-state index contributed by atoms with van der Waals surface area (Å²) in [5.41, 5.74) is 13.7. The van der Waals surface area contributed by atoms with Crippen LogP contribution in [0.5, 0.6) is 0 Å². The first kappa shape index (κ1) is 19.5. The third-order valence-corrected chi connectivity index (χ3v) is 5.36. The molecule has 3 nitrogen and oxygen atoms in total. The minimum Gasteiger partial charge on any atom is -0.378 e. The van der Waals surface area contributed by atoms with Crippen molar-refractivity contribution in [1.29, 1.82) is 0 Å². The van der Waals surface area contributed by atoms with Crippen LogP contribution in [0.4, 0.5) is 5.69 Å². The molecule has 1 heterocycles. The molecule has 0 atom stereocenters. The number of fused-ring (bicyclic) bond motifs is 1. The summed E-state index contributed by atoms with van der Waals surface area (Å²) >= 11 is 0. The van der Waals surface area contributed by atoms with Gasteiger partial charge in [0.25, 0.3) is 0 Å². The lowest BCUT2D eigenvalue weighted by atomic mass is 9.98. The highest BCUT2D eigenvalue weighted by atomic mass is 15.1. The van der Waals surface area contributed by atoms with Gasteiger partial charge in [0.15, 0.2) is 0 Å². The first-order valence-electron chi connectivity index (χ1n) is 10.3. The molecule has 0 aliphatic heterocycles. The molecule has 3 heteroatoms. The second kappa shape index (κ2) is 9.09. The molecule has 0 radical (unpaired) electrons. The molecule has 3 aromatic rings. The molecule has 3 N–H and O–H groups in total. The molecule has 0 saturated carbocycles. The van der Waals surface area contributed by atoms with Crippen LogP contribution in [0, 0.1) is 0 Å². The average molecular weight is 364 g/mol. The number of aromatic nitrogens is 1. The Balaban J connectivity index is 2.11. The number of nitrogens with one attached hydrogen (secondary N) is 1. The van der Waals surface area contributed by atoms with Gasteiger partial charge in [-0.05, 0) is 61.9 Å². The summed E-state index contributed by atoms with van der Waals surface area (Å²) in [7, 11) is 4.19. The second-order valence-corrected chi connectivity index (χ2v) is 7.61. The fourth-order valence-corrected chi connectivity index (χ4v) is 3.80. The Hall–Kier alpha value is -2.26. The average Bonchev–Trinajstić information content (AvgIpc) is 3.06. The Kier molecular flexibility index (Phi) is 6.57. The van der Waals surface area contributed by atoms with Crippen molar-refractivity contribution >= 4 is 16.6 Å². The minimum absolute atomic E-state index is 0.759. The summed E-state index contributed by atoms with van der Waals surface area (Å²) in [6.45, 7) is 3.01. The van der Waals surface area contributed by atoms with Gasteiger partial charge in [-0.2, -0.15) is 0 Å². The van der Waals surface area contributed by atoms with Gasteiger partial charge >= 0.3 is 0 Å². The molecule has 0 fully saturated rings. The number of hydrogen-bond donors (Lipinski definition) is 2. The highest BCUT2D eigenvalue weighted by Gasteiger charge is 2.15. The molecule has 0 unspecified atom stereocenters. The fraction of sp³-hybridized carbons (Fsp3) is 0.417. The Bertz CT molecular complexity index is 876. The maximum Gasteiger partial charge on any atom is 0.0498 e. The molecule has 0 aliphatic carbocycles. The van der Waals surface area contributed by atoms with Gasteiger partial charge < -0.3 is 15.6 Å². The van der Waals surface area contributed by atoms with Gasteiger partial charge in [0.2, 0.25) is 0 Å². The van der Waals surface area contributed by atoms with Crippen molar-refractivity contribution in [2.45, 2.75) is 45.4 Å². The van der Waals surface area contributed by atoms with Crippen molar-refractivity contribution in [3.63, 3.8) is 0 Å². The van der Waals surface area contributed by atoms with E-state index in [-0.39, 0.29) is 0 Å². The van der Waals surface area contributed by atoms with Crippen LogP contribution in [0.15, 0.2) is 42.5 Å². The number of nitrogens with zero attached hydrogens (tertiary/aromatic N) is 1. The lowest BCUT2D eigenvalue weighted by Gasteiger charge is -2.14. The molecule has 144 valence electrons. The number of aromatic amines is 1. The van der Waals surface area contributed by atoms with Gasteiger partial charge in [-0.1, -0.05) is 43.7 Å². The number of H-pyrrole nitrogens is 1. The predicted molar refractivity (Wildman–Crippen MR) is 119 cm³/mol. The van der Waals surface area contributed by atoms with Crippen LogP contribution in [0.25, 0.3) is 22.2 Å². The molecule has 2 aromatic carbocycles. The van der Waals surface area contributed by atoms with E-state index in [9.17, 15) is 0 Å². The summed E-state index contributed by atoms with van der Waals surface area (Å²) in [5.74, 6) is 0. The van der Waals surface area contributed by atoms with Gasteiger partial charge in [0.1, 0.15) is 0 Å². The molecule has 0 aliphatic rings. The van der Waals surface area contributed by atoms with E-state index in [1.807, 2.05) is 0 Å². The van der Waals surface area contributed by atoms with E-state index in [2.05, 4.69) is 73.4 Å². The summed E-state index contributed by atoms with van der Waals surface area (Å²) in [6, 6.07) is 15.6. The van der Waals surface area contributed by atoms with E-state index < -0.39 is 0 Å². The highest BCUT2D eigenvalue weighted by molar-refractivity contribution is 5.93.